The van der Waals surface area contributed by atoms with Gasteiger partial charge in [-0.2, -0.15) is 0 Å². The summed E-state index contributed by atoms with van der Waals surface area (Å²) in [5.41, 5.74) is 1.71. The van der Waals surface area contributed by atoms with E-state index in [1.165, 1.54) is 12.8 Å². The molecule has 20 heavy (non-hydrogen) atoms. The van der Waals surface area contributed by atoms with Crippen LogP contribution in [0.2, 0.25) is 0 Å². The second kappa shape index (κ2) is 8.38. The molecule has 1 unspecified atom stereocenters. The van der Waals surface area contributed by atoms with Gasteiger partial charge < -0.3 is 10.2 Å². The Bertz CT molecular complexity index is 400. The van der Waals surface area contributed by atoms with E-state index in [1.807, 2.05) is 12.1 Å². The van der Waals surface area contributed by atoms with Gasteiger partial charge >= 0.3 is 0 Å². The van der Waals surface area contributed by atoms with E-state index in [4.69, 9.17) is 0 Å². The molecule has 1 N–H and O–H groups in total. The summed E-state index contributed by atoms with van der Waals surface area (Å²) < 4.78 is 13.5. The second-order valence-electron chi connectivity index (χ2n) is 5.82. The zero-order chi connectivity index (χ0) is 15.1. The fraction of sp³-hybridized carbons (Fsp3) is 0.647. The molecule has 2 nitrogen and oxygen atoms in total. The van der Waals surface area contributed by atoms with E-state index in [1.54, 1.807) is 13.0 Å². The van der Waals surface area contributed by atoms with Crippen LogP contribution < -0.4 is 5.32 Å². The summed E-state index contributed by atoms with van der Waals surface area (Å²) in [6.07, 6.45) is 2.39. The molecule has 3 heteroatoms. The minimum Gasteiger partial charge on any atom is -0.311 e. The second-order valence-corrected chi connectivity index (χ2v) is 5.82. The number of nitrogens with one attached hydrogen (secondary N) is 1. The maximum atomic E-state index is 13.5. The van der Waals surface area contributed by atoms with Gasteiger partial charge in [0.05, 0.1) is 0 Å². The molecule has 0 fully saturated rings. The average Bonchev–Trinajstić information content (AvgIpc) is 2.42. The first kappa shape index (κ1) is 17.1. The number of halogens is 1. The molecule has 0 aliphatic carbocycles. The van der Waals surface area contributed by atoms with Gasteiger partial charge in [0, 0.05) is 19.1 Å². The van der Waals surface area contributed by atoms with Gasteiger partial charge in [-0.15, -0.1) is 0 Å². The summed E-state index contributed by atoms with van der Waals surface area (Å²) in [6, 6.07) is 5.99. The van der Waals surface area contributed by atoms with E-state index in [2.05, 4.69) is 38.2 Å². The molecule has 0 aliphatic rings. The maximum Gasteiger partial charge on any atom is 0.126 e. The molecule has 0 saturated carbocycles. The third kappa shape index (κ3) is 4.88. The number of nitrogens with zero attached hydrogens (tertiary/aromatic N) is 1. The van der Waals surface area contributed by atoms with Crippen molar-refractivity contribution in [3.8, 4) is 0 Å². The number of hydrogen-bond acceptors (Lipinski definition) is 2. The van der Waals surface area contributed by atoms with Gasteiger partial charge in [-0.25, -0.2) is 4.39 Å². The quantitative estimate of drug-likeness (QED) is 0.783. The van der Waals surface area contributed by atoms with Crippen LogP contribution in [-0.4, -0.2) is 31.6 Å². The molecule has 0 heterocycles. The first-order valence-corrected chi connectivity index (χ1v) is 7.61. The van der Waals surface area contributed by atoms with Crippen molar-refractivity contribution in [1.29, 1.82) is 0 Å². The Labute approximate surface area is 123 Å². The summed E-state index contributed by atoms with van der Waals surface area (Å²) in [4.78, 5) is 2.29. The first-order chi connectivity index (χ1) is 9.49. The summed E-state index contributed by atoms with van der Waals surface area (Å²) in [5.74, 6) is 0.584. The number of likely N-dealkylation sites (N-methyl/N-ethyl adjacent to an activating group) is 1. The van der Waals surface area contributed by atoms with Crippen LogP contribution in [0.25, 0.3) is 0 Å². The fourth-order valence-electron chi connectivity index (χ4n) is 2.71. The summed E-state index contributed by atoms with van der Waals surface area (Å²) >= 11 is 0. The van der Waals surface area contributed by atoms with Crippen molar-refractivity contribution in [2.45, 2.75) is 46.2 Å². The lowest BCUT2D eigenvalue weighted by Gasteiger charge is -2.31. The molecule has 1 aromatic rings. The minimum atomic E-state index is -0.117. The van der Waals surface area contributed by atoms with Crippen molar-refractivity contribution in [2.24, 2.45) is 5.92 Å². The Hall–Kier alpha value is -0.930. The predicted molar refractivity (Wildman–Crippen MR) is 84.4 cm³/mol. The molecule has 0 spiro atoms. The molecule has 0 saturated heterocycles. The third-order valence-corrected chi connectivity index (χ3v) is 4.18. The number of benzene rings is 1. The van der Waals surface area contributed by atoms with Crippen LogP contribution in [0.1, 0.15) is 37.8 Å². The Morgan fingerprint density at radius 3 is 2.35 bits per heavy atom. The monoisotopic (exact) mass is 280 g/mol. The van der Waals surface area contributed by atoms with Crippen LogP contribution in [0.5, 0.6) is 0 Å². The van der Waals surface area contributed by atoms with Crippen molar-refractivity contribution in [3.05, 3.63) is 35.1 Å². The van der Waals surface area contributed by atoms with Gasteiger partial charge in [0.15, 0.2) is 0 Å². The van der Waals surface area contributed by atoms with Crippen molar-refractivity contribution < 1.29 is 4.39 Å². The van der Waals surface area contributed by atoms with Crippen molar-refractivity contribution >= 4 is 0 Å². The van der Waals surface area contributed by atoms with Gasteiger partial charge in [0.1, 0.15) is 5.82 Å². The lowest BCUT2D eigenvalue weighted by Crippen LogP contribution is -2.42. The SMILES string of the molecule is CCC(CC)C(CNCc1ccc(C)c(F)c1)N(C)C. The molecule has 1 rings (SSSR count). The third-order valence-electron chi connectivity index (χ3n) is 4.18. The minimum absolute atomic E-state index is 0.117. The molecule has 1 atom stereocenters. The van der Waals surface area contributed by atoms with Gasteiger partial charge in [-0.1, -0.05) is 38.8 Å². The van der Waals surface area contributed by atoms with Gasteiger partial charge in [0.25, 0.3) is 0 Å². The molecule has 0 radical (unpaired) electrons. The molecule has 0 aromatic heterocycles. The van der Waals surface area contributed by atoms with Crippen LogP contribution in [0.15, 0.2) is 18.2 Å². The zero-order valence-corrected chi connectivity index (χ0v) is 13.5. The highest BCUT2D eigenvalue weighted by Gasteiger charge is 2.19. The van der Waals surface area contributed by atoms with Crippen molar-refractivity contribution in [3.63, 3.8) is 0 Å². The number of rotatable bonds is 8. The lowest BCUT2D eigenvalue weighted by atomic mass is 9.93. The Morgan fingerprint density at radius 2 is 1.85 bits per heavy atom. The van der Waals surface area contributed by atoms with E-state index < -0.39 is 0 Å². The predicted octanol–water partition coefficient (Wildman–Crippen LogP) is 3.59. The van der Waals surface area contributed by atoms with E-state index in [9.17, 15) is 4.39 Å². The molecular weight excluding hydrogens is 251 g/mol. The molecule has 114 valence electrons. The van der Waals surface area contributed by atoms with E-state index in [-0.39, 0.29) is 5.82 Å². The smallest absolute Gasteiger partial charge is 0.126 e. The van der Waals surface area contributed by atoms with E-state index >= 15 is 0 Å². The molecule has 0 amide bonds. The zero-order valence-electron chi connectivity index (χ0n) is 13.5. The largest absolute Gasteiger partial charge is 0.311 e. The normalized spacial score (nSPS) is 13.2. The van der Waals surface area contributed by atoms with Crippen LogP contribution in [0.3, 0.4) is 0 Å². The molecule has 0 aliphatic heterocycles. The highest BCUT2D eigenvalue weighted by molar-refractivity contribution is 5.23. The fourth-order valence-corrected chi connectivity index (χ4v) is 2.71. The van der Waals surface area contributed by atoms with E-state index in [0.717, 1.165) is 18.7 Å². The molecular formula is C17H29FN2. The van der Waals surface area contributed by atoms with Crippen LogP contribution >= 0.6 is 0 Å². The van der Waals surface area contributed by atoms with Crippen LogP contribution in [0, 0.1) is 18.7 Å². The van der Waals surface area contributed by atoms with Crippen LogP contribution in [0.4, 0.5) is 4.39 Å². The van der Waals surface area contributed by atoms with E-state index in [0.29, 0.717) is 17.5 Å². The Morgan fingerprint density at radius 1 is 1.20 bits per heavy atom. The standard InChI is InChI=1S/C17H29FN2/c1-6-15(7-2)17(20(4)5)12-19-11-14-9-8-13(3)16(18)10-14/h8-10,15,17,19H,6-7,11-12H2,1-5H3. The molecule has 0 bridgehead atoms. The number of hydrogen-bond donors (Lipinski definition) is 1. The topological polar surface area (TPSA) is 15.3 Å². The Kier molecular flexibility index (Phi) is 7.17. The summed E-state index contributed by atoms with van der Waals surface area (Å²) in [6.45, 7) is 7.96. The van der Waals surface area contributed by atoms with Gasteiger partial charge in [0.2, 0.25) is 0 Å². The summed E-state index contributed by atoms with van der Waals surface area (Å²) in [5, 5.41) is 3.47. The van der Waals surface area contributed by atoms with Crippen LogP contribution in [-0.2, 0) is 6.54 Å². The molecule has 1 aromatic carbocycles. The Balaban J connectivity index is 2.53. The maximum absolute atomic E-state index is 13.5. The van der Waals surface area contributed by atoms with Gasteiger partial charge in [-0.05, 0) is 44.1 Å². The lowest BCUT2D eigenvalue weighted by molar-refractivity contribution is 0.194. The highest BCUT2D eigenvalue weighted by Crippen LogP contribution is 2.16. The first-order valence-electron chi connectivity index (χ1n) is 7.61. The van der Waals surface area contributed by atoms with Gasteiger partial charge in [-0.3, -0.25) is 0 Å². The van der Waals surface area contributed by atoms with Crippen molar-refractivity contribution in [1.82, 2.24) is 10.2 Å². The summed E-state index contributed by atoms with van der Waals surface area (Å²) in [7, 11) is 4.27. The highest BCUT2D eigenvalue weighted by atomic mass is 19.1. The number of aryl methyl sites for hydroxylation is 1. The van der Waals surface area contributed by atoms with Crippen molar-refractivity contribution in [2.75, 3.05) is 20.6 Å². The average molecular weight is 280 g/mol.